The molecule has 0 saturated heterocycles. The fourth-order valence-electron chi connectivity index (χ4n) is 2.13. The van der Waals surface area contributed by atoms with E-state index in [-0.39, 0.29) is 6.04 Å². The van der Waals surface area contributed by atoms with Crippen molar-refractivity contribution in [2.75, 3.05) is 13.1 Å². The highest BCUT2D eigenvalue weighted by molar-refractivity contribution is 5.20. The number of halogens is 3. The molecule has 0 aliphatic carbocycles. The second-order valence-corrected chi connectivity index (χ2v) is 4.39. The molecule has 1 aromatic carbocycles. The van der Waals surface area contributed by atoms with Crippen LogP contribution in [0, 0.1) is 0 Å². The zero-order valence-electron chi connectivity index (χ0n) is 10.6. The molecule has 1 aromatic rings. The van der Waals surface area contributed by atoms with E-state index >= 15 is 0 Å². The summed E-state index contributed by atoms with van der Waals surface area (Å²) in [5.74, 6) is 0. The largest absolute Gasteiger partial charge is 0.401 e. The molecule has 5 heteroatoms. The number of nitrogens with zero attached hydrogens (tertiary/aromatic N) is 1. The molecule has 0 aliphatic rings. The number of alkyl halides is 3. The van der Waals surface area contributed by atoms with Crippen LogP contribution in [0.5, 0.6) is 0 Å². The first-order valence-electron chi connectivity index (χ1n) is 5.96. The molecule has 2 N–H and O–H groups in total. The van der Waals surface area contributed by atoms with Crippen LogP contribution in [0.2, 0.25) is 0 Å². The number of nitrogens with two attached hydrogens (primary N) is 1. The van der Waals surface area contributed by atoms with Gasteiger partial charge in [-0.1, -0.05) is 37.3 Å². The van der Waals surface area contributed by atoms with Crippen molar-refractivity contribution >= 4 is 0 Å². The van der Waals surface area contributed by atoms with Gasteiger partial charge in [0.25, 0.3) is 0 Å². The van der Waals surface area contributed by atoms with Gasteiger partial charge in [0.05, 0.1) is 6.54 Å². The number of hydrogen-bond acceptors (Lipinski definition) is 2. The summed E-state index contributed by atoms with van der Waals surface area (Å²) in [6, 6.07) is 8.30. The molecule has 1 rings (SSSR count). The lowest BCUT2D eigenvalue weighted by molar-refractivity contribution is -0.151. The van der Waals surface area contributed by atoms with Crippen LogP contribution in [0.3, 0.4) is 0 Å². The van der Waals surface area contributed by atoms with Crippen molar-refractivity contribution in [3.63, 3.8) is 0 Å². The van der Waals surface area contributed by atoms with E-state index < -0.39 is 18.8 Å². The van der Waals surface area contributed by atoms with E-state index in [9.17, 15) is 13.2 Å². The molecule has 0 spiro atoms. The van der Waals surface area contributed by atoms with Gasteiger partial charge in [0.2, 0.25) is 0 Å². The quantitative estimate of drug-likeness (QED) is 0.882. The normalized spacial score (nSPS) is 15.7. The molecule has 0 bridgehead atoms. The van der Waals surface area contributed by atoms with Gasteiger partial charge in [0, 0.05) is 12.1 Å². The molecule has 2 nitrogen and oxygen atoms in total. The minimum Gasteiger partial charge on any atom is -0.326 e. The van der Waals surface area contributed by atoms with Crippen molar-refractivity contribution in [1.29, 1.82) is 0 Å². The van der Waals surface area contributed by atoms with Crippen molar-refractivity contribution in [3.8, 4) is 0 Å². The Labute approximate surface area is 106 Å². The van der Waals surface area contributed by atoms with E-state index in [2.05, 4.69) is 0 Å². The second-order valence-electron chi connectivity index (χ2n) is 4.39. The third-order valence-corrected chi connectivity index (χ3v) is 2.82. The molecule has 0 heterocycles. The molecule has 2 atom stereocenters. The standard InChI is InChI=1S/C13H19F3N2/c1-3-18(9-13(14,15)16)12(10(2)17)11-7-5-4-6-8-11/h4-8,10,12H,3,9,17H2,1-2H3. The minimum absolute atomic E-state index is 0.306. The number of hydrogen-bond donors (Lipinski definition) is 1. The lowest BCUT2D eigenvalue weighted by Gasteiger charge is -2.34. The monoisotopic (exact) mass is 260 g/mol. The van der Waals surface area contributed by atoms with Crippen LogP contribution in [0.1, 0.15) is 25.5 Å². The van der Waals surface area contributed by atoms with Gasteiger partial charge in [-0.05, 0) is 19.0 Å². The minimum atomic E-state index is -4.21. The molecule has 102 valence electrons. The Kier molecular flexibility index (Phi) is 5.16. The van der Waals surface area contributed by atoms with Gasteiger partial charge in [-0.25, -0.2) is 0 Å². The summed E-state index contributed by atoms with van der Waals surface area (Å²) in [6.45, 7) is 2.81. The molecule has 0 aromatic heterocycles. The summed E-state index contributed by atoms with van der Waals surface area (Å²) in [6.07, 6.45) is -4.21. The zero-order valence-corrected chi connectivity index (χ0v) is 10.6. The fraction of sp³-hybridized carbons (Fsp3) is 0.538. The van der Waals surface area contributed by atoms with Crippen LogP contribution in [0.25, 0.3) is 0 Å². The van der Waals surface area contributed by atoms with Crippen molar-refractivity contribution in [2.45, 2.75) is 32.1 Å². The maximum atomic E-state index is 12.5. The van der Waals surface area contributed by atoms with Gasteiger partial charge in [0.15, 0.2) is 0 Å². The molecular weight excluding hydrogens is 241 g/mol. The van der Waals surface area contributed by atoms with Gasteiger partial charge >= 0.3 is 6.18 Å². The van der Waals surface area contributed by atoms with E-state index in [1.807, 2.05) is 30.3 Å². The Balaban J connectivity index is 2.96. The van der Waals surface area contributed by atoms with E-state index in [4.69, 9.17) is 5.73 Å². The smallest absolute Gasteiger partial charge is 0.326 e. The van der Waals surface area contributed by atoms with Crippen molar-refractivity contribution in [1.82, 2.24) is 4.90 Å². The van der Waals surface area contributed by atoms with Crippen molar-refractivity contribution < 1.29 is 13.2 Å². The van der Waals surface area contributed by atoms with Crippen LogP contribution in [-0.2, 0) is 0 Å². The third-order valence-electron chi connectivity index (χ3n) is 2.82. The van der Waals surface area contributed by atoms with E-state index in [0.717, 1.165) is 5.56 Å². The second kappa shape index (κ2) is 6.20. The molecule has 0 amide bonds. The molecule has 0 radical (unpaired) electrons. The Morgan fingerprint density at radius 2 is 1.78 bits per heavy atom. The first-order chi connectivity index (χ1) is 8.35. The number of benzene rings is 1. The Bertz CT molecular complexity index is 349. The maximum absolute atomic E-state index is 12.5. The highest BCUT2D eigenvalue weighted by Gasteiger charge is 2.34. The summed E-state index contributed by atoms with van der Waals surface area (Å²) in [4.78, 5) is 1.36. The van der Waals surface area contributed by atoms with Gasteiger partial charge in [-0.3, -0.25) is 4.90 Å². The maximum Gasteiger partial charge on any atom is 0.401 e. The van der Waals surface area contributed by atoms with Gasteiger partial charge in [-0.2, -0.15) is 13.2 Å². The first kappa shape index (κ1) is 15.0. The topological polar surface area (TPSA) is 29.3 Å². The fourth-order valence-corrected chi connectivity index (χ4v) is 2.13. The molecule has 0 saturated carbocycles. The lowest BCUT2D eigenvalue weighted by atomic mass is 9.99. The van der Waals surface area contributed by atoms with E-state index in [0.29, 0.717) is 6.54 Å². The summed E-state index contributed by atoms with van der Waals surface area (Å²) < 4.78 is 37.6. The lowest BCUT2D eigenvalue weighted by Crippen LogP contribution is -2.43. The predicted octanol–water partition coefficient (Wildman–Crippen LogP) is 2.96. The molecule has 2 unspecified atom stereocenters. The average molecular weight is 260 g/mol. The van der Waals surface area contributed by atoms with Crippen molar-refractivity contribution in [2.24, 2.45) is 5.73 Å². The van der Waals surface area contributed by atoms with Gasteiger partial charge < -0.3 is 5.73 Å². The number of rotatable bonds is 5. The van der Waals surface area contributed by atoms with Crippen LogP contribution in [0.15, 0.2) is 30.3 Å². The van der Waals surface area contributed by atoms with E-state index in [1.165, 1.54) is 4.90 Å². The number of likely N-dealkylation sites (N-methyl/N-ethyl adjacent to an activating group) is 1. The Morgan fingerprint density at radius 3 is 2.17 bits per heavy atom. The van der Waals surface area contributed by atoms with Gasteiger partial charge in [-0.15, -0.1) is 0 Å². The van der Waals surface area contributed by atoms with Crippen LogP contribution >= 0.6 is 0 Å². The highest BCUT2D eigenvalue weighted by atomic mass is 19.4. The molecule has 18 heavy (non-hydrogen) atoms. The predicted molar refractivity (Wildman–Crippen MR) is 66.1 cm³/mol. The van der Waals surface area contributed by atoms with Crippen LogP contribution in [0.4, 0.5) is 13.2 Å². The van der Waals surface area contributed by atoms with Crippen LogP contribution < -0.4 is 5.73 Å². The molecule has 0 fully saturated rings. The summed E-state index contributed by atoms with van der Waals surface area (Å²) in [5.41, 5.74) is 6.67. The van der Waals surface area contributed by atoms with Gasteiger partial charge in [0.1, 0.15) is 0 Å². The van der Waals surface area contributed by atoms with Crippen LogP contribution in [-0.4, -0.2) is 30.2 Å². The summed E-state index contributed by atoms with van der Waals surface area (Å²) in [5, 5.41) is 0. The average Bonchev–Trinajstić information content (AvgIpc) is 2.27. The summed E-state index contributed by atoms with van der Waals surface area (Å²) >= 11 is 0. The SMILES string of the molecule is CCN(CC(F)(F)F)C(c1ccccc1)C(C)N. The molecular formula is C13H19F3N2. The Morgan fingerprint density at radius 1 is 1.22 bits per heavy atom. The zero-order chi connectivity index (χ0) is 13.8. The Hall–Kier alpha value is -1.07. The van der Waals surface area contributed by atoms with Crippen molar-refractivity contribution in [3.05, 3.63) is 35.9 Å². The van der Waals surface area contributed by atoms with E-state index in [1.54, 1.807) is 13.8 Å². The first-order valence-corrected chi connectivity index (χ1v) is 5.96. The summed E-state index contributed by atoms with van der Waals surface area (Å²) in [7, 11) is 0. The third kappa shape index (κ3) is 4.31. The highest BCUT2D eigenvalue weighted by Crippen LogP contribution is 2.27. The molecule has 0 aliphatic heterocycles.